The standard InChI is InChI=1S/C21H28N2O2S/c1-17-13-18(2)16-23(15-17)26(24,25)22-14-21(19-9-5-3-6-10-19)20-11-7-4-8-12-20/h3-12,17-18,21-22H,13-16H2,1-2H3. The van der Waals surface area contributed by atoms with Gasteiger partial charge in [0.05, 0.1) is 0 Å². The third-order valence-electron chi connectivity index (χ3n) is 5.05. The van der Waals surface area contributed by atoms with Crippen LogP contribution in [0.4, 0.5) is 0 Å². The van der Waals surface area contributed by atoms with Crippen LogP contribution in [0, 0.1) is 11.8 Å². The summed E-state index contributed by atoms with van der Waals surface area (Å²) in [4.78, 5) is 0. The molecule has 2 aromatic carbocycles. The van der Waals surface area contributed by atoms with E-state index in [9.17, 15) is 8.42 Å². The smallest absolute Gasteiger partial charge is 0.201 e. The Kier molecular flexibility index (Phi) is 6.12. The lowest BCUT2D eigenvalue weighted by Crippen LogP contribution is -2.48. The van der Waals surface area contributed by atoms with Gasteiger partial charge in [0.2, 0.25) is 0 Å². The molecule has 5 heteroatoms. The lowest BCUT2D eigenvalue weighted by Gasteiger charge is -2.34. The minimum atomic E-state index is -3.48. The van der Waals surface area contributed by atoms with Crippen LogP contribution in [0.5, 0.6) is 0 Å². The summed E-state index contributed by atoms with van der Waals surface area (Å²) in [6, 6.07) is 20.1. The first kappa shape index (κ1) is 19.1. The zero-order valence-electron chi connectivity index (χ0n) is 15.5. The molecule has 2 aromatic rings. The molecule has 1 saturated heterocycles. The zero-order valence-corrected chi connectivity index (χ0v) is 16.3. The summed E-state index contributed by atoms with van der Waals surface area (Å²) in [5, 5.41) is 0. The predicted molar refractivity (Wildman–Crippen MR) is 106 cm³/mol. The van der Waals surface area contributed by atoms with Crippen molar-refractivity contribution >= 4 is 10.2 Å². The van der Waals surface area contributed by atoms with Gasteiger partial charge in [0.15, 0.2) is 0 Å². The van der Waals surface area contributed by atoms with Gasteiger partial charge in [-0.05, 0) is 29.4 Å². The maximum absolute atomic E-state index is 12.9. The molecule has 4 nitrogen and oxygen atoms in total. The summed E-state index contributed by atoms with van der Waals surface area (Å²) in [6.07, 6.45) is 1.09. The largest absolute Gasteiger partial charge is 0.279 e. The number of piperidine rings is 1. The Morgan fingerprint density at radius 1 is 0.923 bits per heavy atom. The van der Waals surface area contributed by atoms with E-state index in [-0.39, 0.29) is 5.92 Å². The Morgan fingerprint density at radius 2 is 1.38 bits per heavy atom. The fourth-order valence-corrected chi connectivity index (χ4v) is 5.34. The molecule has 0 bridgehead atoms. The summed E-state index contributed by atoms with van der Waals surface area (Å²) in [5.41, 5.74) is 2.23. The average molecular weight is 373 g/mol. The van der Waals surface area contributed by atoms with E-state index in [0.717, 1.165) is 17.5 Å². The maximum Gasteiger partial charge on any atom is 0.279 e. The molecule has 0 radical (unpaired) electrons. The van der Waals surface area contributed by atoms with Crippen molar-refractivity contribution in [3.63, 3.8) is 0 Å². The van der Waals surface area contributed by atoms with Gasteiger partial charge in [-0.15, -0.1) is 0 Å². The van der Waals surface area contributed by atoms with Crippen LogP contribution in [-0.2, 0) is 10.2 Å². The summed E-state index contributed by atoms with van der Waals surface area (Å²) < 4.78 is 30.2. The van der Waals surface area contributed by atoms with E-state index >= 15 is 0 Å². The number of nitrogens with one attached hydrogen (secondary N) is 1. The molecule has 0 amide bonds. The zero-order chi connectivity index (χ0) is 18.6. The Hall–Kier alpha value is -1.69. The molecule has 1 N–H and O–H groups in total. The minimum Gasteiger partial charge on any atom is -0.201 e. The highest BCUT2D eigenvalue weighted by Gasteiger charge is 2.30. The second-order valence-electron chi connectivity index (χ2n) is 7.49. The highest BCUT2D eigenvalue weighted by atomic mass is 32.2. The van der Waals surface area contributed by atoms with Crippen molar-refractivity contribution < 1.29 is 8.42 Å². The molecule has 3 rings (SSSR count). The first-order valence-corrected chi connectivity index (χ1v) is 10.7. The van der Waals surface area contributed by atoms with Crippen LogP contribution >= 0.6 is 0 Å². The molecule has 140 valence electrons. The van der Waals surface area contributed by atoms with Crippen molar-refractivity contribution in [1.82, 2.24) is 9.03 Å². The SMILES string of the molecule is CC1CC(C)CN(S(=O)(=O)NCC(c2ccccc2)c2ccccc2)C1. The van der Waals surface area contributed by atoms with Crippen molar-refractivity contribution in [1.29, 1.82) is 0 Å². The molecular weight excluding hydrogens is 344 g/mol. The van der Waals surface area contributed by atoms with Crippen molar-refractivity contribution in [2.45, 2.75) is 26.2 Å². The van der Waals surface area contributed by atoms with Gasteiger partial charge in [0, 0.05) is 25.6 Å². The number of nitrogens with zero attached hydrogens (tertiary/aromatic N) is 1. The van der Waals surface area contributed by atoms with Gasteiger partial charge in [-0.25, -0.2) is 4.72 Å². The van der Waals surface area contributed by atoms with Crippen LogP contribution in [0.25, 0.3) is 0 Å². The van der Waals surface area contributed by atoms with Crippen LogP contribution in [0.15, 0.2) is 60.7 Å². The van der Waals surface area contributed by atoms with Gasteiger partial charge in [-0.1, -0.05) is 74.5 Å². The first-order chi connectivity index (χ1) is 12.5. The first-order valence-electron chi connectivity index (χ1n) is 9.30. The van der Waals surface area contributed by atoms with E-state index < -0.39 is 10.2 Å². The van der Waals surface area contributed by atoms with E-state index in [1.165, 1.54) is 0 Å². The Bertz CT molecular complexity index is 744. The summed E-state index contributed by atoms with van der Waals surface area (Å²) in [5.74, 6) is 0.788. The van der Waals surface area contributed by atoms with Crippen LogP contribution in [0.3, 0.4) is 0 Å². The highest BCUT2D eigenvalue weighted by molar-refractivity contribution is 7.87. The van der Waals surface area contributed by atoms with Crippen molar-refractivity contribution in [2.24, 2.45) is 11.8 Å². The summed E-state index contributed by atoms with van der Waals surface area (Å²) >= 11 is 0. The van der Waals surface area contributed by atoms with Crippen molar-refractivity contribution in [3.05, 3.63) is 71.8 Å². The fraction of sp³-hybridized carbons (Fsp3) is 0.429. The van der Waals surface area contributed by atoms with E-state index in [4.69, 9.17) is 0 Å². The van der Waals surface area contributed by atoms with Crippen LogP contribution in [0.1, 0.15) is 37.3 Å². The van der Waals surface area contributed by atoms with Gasteiger partial charge in [0.25, 0.3) is 10.2 Å². The molecule has 1 heterocycles. The molecule has 0 aromatic heterocycles. The second kappa shape index (κ2) is 8.33. The molecule has 1 fully saturated rings. The van der Waals surface area contributed by atoms with Crippen molar-refractivity contribution in [3.8, 4) is 0 Å². The molecule has 2 atom stereocenters. The molecule has 2 unspecified atom stereocenters. The monoisotopic (exact) mass is 372 g/mol. The van der Waals surface area contributed by atoms with E-state index in [2.05, 4.69) is 42.8 Å². The fourth-order valence-electron chi connectivity index (χ4n) is 3.88. The number of rotatable bonds is 6. The Balaban J connectivity index is 1.77. The molecule has 0 saturated carbocycles. The lowest BCUT2D eigenvalue weighted by atomic mass is 9.92. The van der Waals surface area contributed by atoms with Crippen LogP contribution in [-0.4, -0.2) is 32.4 Å². The molecule has 1 aliphatic rings. The summed E-state index contributed by atoms with van der Waals surface area (Å²) in [6.45, 7) is 5.79. The highest BCUT2D eigenvalue weighted by Crippen LogP contribution is 2.26. The van der Waals surface area contributed by atoms with Gasteiger partial charge < -0.3 is 0 Å². The maximum atomic E-state index is 12.9. The summed E-state index contributed by atoms with van der Waals surface area (Å²) in [7, 11) is -3.48. The average Bonchev–Trinajstić information content (AvgIpc) is 2.63. The van der Waals surface area contributed by atoms with Crippen LogP contribution in [0.2, 0.25) is 0 Å². The number of benzene rings is 2. The van der Waals surface area contributed by atoms with Gasteiger partial charge >= 0.3 is 0 Å². The third kappa shape index (κ3) is 4.72. The minimum absolute atomic E-state index is 0.00758. The Labute approximate surface area is 157 Å². The van der Waals surface area contributed by atoms with Crippen molar-refractivity contribution in [2.75, 3.05) is 19.6 Å². The Morgan fingerprint density at radius 3 is 1.85 bits per heavy atom. The van der Waals surface area contributed by atoms with Gasteiger partial charge in [-0.3, -0.25) is 0 Å². The quantitative estimate of drug-likeness (QED) is 0.842. The topological polar surface area (TPSA) is 49.4 Å². The molecular formula is C21H28N2O2S. The number of hydrogen-bond acceptors (Lipinski definition) is 2. The number of hydrogen-bond donors (Lipinski definition) is 1. The predicted octanol–water partition coefficient (Wildman–Crippen LogP) is 3.63. The molecule has 26 heavy (non-hydrogen) atoms. The van der Waals surface area contributed by atoms with Gasteiger partial charge in [0.1, 0.15) is 0 Å². The second-order valence-corrected chi connectivity index (χ2v) is 9.25. The van der Waals surface area contributed by atoms with Gasteiger partial charge in [-0.2, -0.15) is 12.7 Å². The van der Waals surface area contributed by atoms with E-state index in [1.54, 1.807) is 4.31 Å². The molecule has 1 aliphatic heterocycles. The molecule has 0 aliphatic carbocycles. The third-order valence-corrected chi connectivity index (χ3v) is 6.56. The van der Waals surface area contributed by atoms with E-state index in [1.807, 2.05) is 36.4 Å². The van der Waals surface area contributed by atoms with E-state index in [0.29, 0.717) is 31.5 Å². The molecule has 0 spiro atoms. The normalized spacial score (nSPS) is 21.8. The van der Waals surface area contributed by atoms with Crippen LogP contribution < -0.4 is 4.72 Å². The lowest BCUT2D eigenvalue weighted by molar-refractivity contribution is 0.220.